The third-order valence-corrected chi connectivity index (χ3v) is 3.38. The summed E-state index contributed by atoms with van der Waals surface area (Å²) in [6.07, 6.45) is 0. The maximum atomic E-state index is 12.4. The van der Waals surface area contributed by atoms with Crippen molar-refractivity contribution in [1.29, 1.82) is 0 Å². The lowest BCUT2D eigenvalue weighted by Gasteiger charge is -2.22. The van der Waals surface area contributed by atoms with E-state index in [-0.39, 0.29) is 23.0 Å². The summed E-state index contributed by atoms with van der Waals surface area (Å²) in [5.41, 5.74) is -0.537. The highest BCUT2D eigenvalue weighted by atomic mass is 16.1. The zero-order valence-electron chi connectivity index (χ0n) is 10.6. The predicted octanol–water partition coefficient (Wildman–Crippen LogP) is 2.14. The zero-order chi connectivity index (χ0) is 13.3. The highest BCUT2D eigenvalue weighted by Crippen LogP contribution is 2.45. The first kappa shape index (κ1) is 11.1. The molecular weight excluding hydrogens is 232 g/mol. The molecule has 0 aromatic rings. The van der Waals surface area contributed by atoms with Crippen LogP contribution in [0.1, 0.15) is 27.7 Å². The number of hydrogen-bond donors (Lipinski definition) is 0. The second-order valence-electron chi connectivity index (χ2n) is 5.62. The normalized spacial score (nSPS) is 27.1. The van der Waals surface area contributed by atoms with Gasteiger partial charge in [0, 0.05) is 0 Å². The van der Waals surface area contributed by atoms with Crippen LogP contribution < -0.4 is 0 Å². The van der Waals surface area contributed by atoms with Gasteiger partial charge < -0.3 is 0 Å². The first-order valence-corrected chi connectivity index (χ1v) is 5.70. The van der Waals surface area contributed by atoms with Crippen molar-refractivity contribution in [3.05, 3.63) is 22.5 Å². The second-order valence-corrected chi connectivity index (χ2v) is 5.62. The van der Waals surface area contributed by atoms with Crippen molar-refractivity contribution in [3.8, 4) is 0 Å². The Morgan fingerprint density at radius 3 is 1.39 bits per heavy atom. The third kappa shape index (κ3) is 1.12. The lowest BCUT2D eigenvalue weighted by molar-refractivity contribution is -0.117. The standard InChI is InChI=1S/C12H12N4O2/c1-11(2)5-7(13-15-11)10(18)6-8(9(5)17)14-16-12(6,3)4/h1-4H3. The molecule has 6 nitrogen and oxygen atoms in total. The summed E-state index contributed by atoms with van der Waals surface area (Å²) >= 11 is 0. The van der Waals surface area contributed by atoms with Crippen molar-refractivity contribution in [2.75, 3.05) is 0 Å². The SMILES string of the molecule is CC1(C)N=NC2=C1C(=O)C1=C(C2=O)C(C)(C)N=N1. The molecule has 0 unspecified atom stereocenters. The summed E-state index contributed by atoms with van der Waals surface area (Å²) in [6.45, 7) is 7.03. The highest BCUT2D eigenvalue weighted by Gasteiger charge is 2.50. The monoisotopic (exact) mass is 244 g/mol. The van der Waals surface area contributed by atoms with Gasteiger partial charge >= 0.3 is 0 Å². The Hall–Kier alpha value is -1.98. The molecular formula is C12H12N4O2. The topological polar surface area (TPSA) is 83.6 Å². The fourth-order valence-electron chi connectivity index (χ4n) is 2.45. The lowest BCUT2D eigenvalue weighted by Crippen LogP contribution is -2.34. The molecule has 0 fully saturated rings. The molecule has 0 aromatic heterocycles. The second kappa shape index (κ2) is 2.88. The lowest BCUT2D eigenvalue weighted by atomic mass is 9.78. The Bertz CT molecular complexity index is 576. The van der Waals surface area contributed by atoms with Gasteiger partial charge in [-0.25, -0.2) is 0 Å². The van der Waals surface area contributed by atoms with E-state index in [1.165, 1.54) is 0 Å². The molecule has 3 rings (SSSR count). The maximum Gasteiger partial charge on any atom is 0.214 e. The Labute approximate surface area is 104 Å². The molecule has 1 aliphatic carbocycles. The molecule has 0 aromatic carbocycles. The van der Waals surface area contributed by atoms with Gasteiger partial charge in [0.1, 0.15) is 22.5 Å². The van der Waals surface area contributed by atoms with Crippen LogP contribution in [0.4, 0.5) is 0 Å². The summed E-state index contributed by atoms with van der Waals surface area (Å²) in [5, 5.41) is 15.8. The average Bonchev–Trinajstić information content (AvgIpc) is 2.73. The molecule has 0 spiro atoms. The van der Waals surface area contributed by atoms with Crippen LogP contribution in [0.3, 0.4) is 0 Å². The molecule has 2 heterocycles. The number of nitrogens with zero attached hydrogens (tertiary/aromatic N) is 4. The van der Waals surface area contributed by atoms with Crippen LogP contribution in [0.2, 0.25) is 0 Å². The van der Waals surface area contributed by atoms with Gasteiger partial charge in [0.15, 0.2) is 0 Å². The van der Waals surface area contributed by atoms with Gasteiger partial charge in [0.05, 0.1) is 11.1 Å². The van der Waals surface area contributed by atoms with Gasteiger partial charge in [0.2, 0.25) is 11.6 Å². The van der Waals surface area contributed by atoms with E-state index in [1.54, 1.807) is 27.7 Å². The molecule has 0 radical (unpaired) electrons. The van der Waals surface area contributed by atoms with Gasteiger partial charge in [-0.15, -0.1) is 0 Å². The van der Waals surface area contributed by atoms with Crippen molar-refractivity contribution in [1.82, 2.24) is 0 Å². The van der Waals surface area contributed by atoms with E-state index in [0.717, 1.165) is 0 Å². The molecule has 0 saturated carbocycles. The minimum absolute atomic E-state index is 0.157. The van der Waals surface area contributed by atoms with Gasteiger partial charge in [-0.2, -0.15) is 20.5 Å². The Morgan fingerprint density at radius 1 is 0.722 bits per heavy atom. The first-order valence-electron chi connectivity index (χ1n) is 5.70. The quantitative estimate of drug-likeness (QED) is 0.611. The number of rotatable bonds is 0. The summed E-state index contributed by atoms with van der Waals surface area (Å²) in [7, 11) is 0. The largest absolute Gasteiger partial charge is 0.287 e. The van der Waals surface area contributed by atoms with E-state index in [1.807, 2.05) is 0 Å². The fraction of sp³-hybridized carbons (Fsp3) is 0.500. The fourth-order valence-corrected chi connectivity index (χ4v) is 2.45. The Balaban J connectivity index is 2.23. The third-order valence-electron chi connectivity index (χ3n) is 3.38. The smallest absolute Gasteiger partial charge is 0.214 e. The van der Waals surface area contributed by atoms with Gasteiger partial charge in [-0.3, -0.25) is 9.59 Å². The summed E-state index contributed by atoms with van der Waals surface area (Å²) in [4.78, 5) is 24.8. The van der Waals surface area contributed by atoms with Crippen LogP contribution in [0.25, 0.3) is 0 Å². The molecule has 0 atom stereocenters. The van der Waals surface area contributed by atoms with Gasteiger partial charge in [-0.05, 0) is 27.7 Å². The van der Waals surface area contributed by atoms with E-state index in [0.29, 0.717) is 11.1 Å². The number of hydrogen-bond acceptors (Lipinski definition) is 6. The Morgan fingerprint density at radius 2 is 1.06 bits per heavy atom. The molecule has 0 saturated heterocycles. The number of carbonyl (C=O) groups is 2. The zero-order valence-corrected chi connectivity index (χ0v) is 10.6. The van der Waals surface area contributed by atoms with Crippen molar-refractivity contribution >= 4 is 11.6 Å². The number of ketones is 2. The highest BCUT2D eigenvalue weighted by molar-refractivity contribution is 6.27. The molecule has 0 bridgehead atoms. The number of carbonyl (C=O) groups excluding carboxylic acids is 2. The van der Waals surface area contributed by atoms with Crippen LogP contribution >= 0.6 is 0 Å². The van der Waals surface area contributed by atoms with E-state index in [9.17, 15) is 9.59 Å². The molecule has 18 heavy (non-hydrogen) atoms. The molecule has 92 valence electrons. The van der Waals surface area contributed by atoms with Crippen LogP contribution in [-0.2, 0) is 9.59 Å². The van der Waals surface area contributed by atoms with Gasteiger partial charge in [-0.1, -0.05) is 0 Å². The van der Waals surface area contributed by atoms with Crippen molar-refractivity contribution < 1.29 is 9.59 Å². The molecule has 0 amide bonds. The van der Waals surface area contributed by atoms with E-state index >= 15 is 0 Å². The number of Topliss-reactive ketones (excluding diaryl/α,β-unsaturated/α-hetero) is 2. The van der Waals surface area contributed by atoms with Crippen LogP contribution in [-0.4, -0.2) is 22.6 Å². The molecule has 0 N–H and O–H groups in total. The minimum atomic E-state index is -0.761. The summed E-state index contributed by atoms with van der Waals surface area (Å²) in [6, 6.07) is 0. The average molecular weight is 244 g/mol. The molecule has 6 heteroatoms. The number of allylic oxidation sites excluding steroid dienone is 2. The van der Waals surface area contributed by atoms with Crippen molar-refractivity contribution in [2.24, 2.45) is 20.5 Å². The minimum Gasteiger partial charge on any atom is -0.287 e. The van der Waals surface area contributed by atoms with Crippen molar-refractivity contribution in [3.63, 3.8) is 0 Å². The van der Waals surface area contributed by atoms with Crippen molar-refractivity contribution in [2.45, 2.75) is 38.8 Å². The van der Waals surface area contributed by atoms with Gasteiger partial charge in [0.25, 0.3) is 0 Å². The van der Waals surface area contributed by atoms with E-state index in [4.69, 9.17) is 0 Å². The Kier molecular flexibility index (Phi) is 1.78. The first-order chi connectivity index (χ1) is 8.26. The van der Waals surface area contributed by atoms with E-state index in [2.05, 4.69) is 20.5 Å². The van der Waals surface area contributed by atoms with Crippen LogP contribution in [0.15, 0.2) is 43.0 Å². The number of azo groups is 2. The van der Waals surface area contributed by atoms with Crippen LogP contribution in [0.5, 0.6) is 0 Å². The van der Waals surface area contributed by atoms with Crippen LogP contribution in [0, 0.1) is 0 Å². The molecule has 3 aliphatic rings. The summed E-state index contributed by atoms with van der Waals surface area (Å²) < 4.78 is 0. The predicted molar refractivity (Wildman–Crippen MR) is 61.9 cm³/mol. The maximum absolute atomic E-state index is 12.4. The van der Waals surface area contributed by atoms with E-state index < -0.39 is 11.1 Å². The summed E-state index contributed by atoms with van der Waals surface area (Å²) in [5.74, 6) is -0.548. The molecule has 2 aliphatic heterocycles.